The molecule has 0 saturated heterocycles. The lowest BCUT2D eigenvalue weighted by molar-refractivity contribution is -0.117. The second-order valence-corrected chi connectivity index (χ2v) is 6.18. The van der Waals surface area contributed by atoms with Gasteiger partial charge in [-0.3, -0.25) is 14.9 Å². The molecule has 0 bridgehead atoms. The van der Waals surface area contributed by atoms with Crippen LogP contribution in [0.2, 0.25) is 0 Å². The molecule has 6 nitrogen and oxygen atoms in total. The summed E-state index contributed by atoms with van der Waals surface area (Å²) >= 11 is 0. The molecule has 3 aromatic rings. The van der Waals surface area contributed by atoms with Gasteiger partial charge in [-0.15, -0.1) is 0 Å². The van der Waals surface area contributed by atoms with E-state index in [4.69, 9.17) is 10.2 Å². The molecule has 0 aliphatic carbocycles. The summed E-state index contributed by atoms with van der Waals surface area (Å²) in [4.78, 5) is 23.7. The summed E-state index contributed by atoms with van der Waals surface area (Å²) in [7, 11) is 0. The van der Waals surface area contributed by atoms with E-state index in [9.17, 15) is 9.59 Å². The fourth-order valence-electron chi connectivity index (χ4n) is 2.74. The molecular formula is C21H21N3O3. The van der Waals surface area contributed by atoms with Crippen LogP contribution in [0.3, 0.4) is 0 Å². The molecule has 138 valence electrons. The van der Waals surface area contributed by atoms with E-state index in [-0.39, 0.29) is 11.9 Å². The third-order valence-corrected chi connectivity index (χ3v) is 4.21. The van der Waals surface area contributed by atoms with Gasteiger partial charge in [0.15, 0.2) is 0 Å². The Morgan fingerprint density at radius 3 is 2.26 bits per heavy atom. The van der Waals surface area contributed by atoms with E-state index in [1.807, 2.05) is 42.5 Å². The molecule has 0 saturated carbocycles. The van der Waals surface area contributed by atoms with E-state index in [0.717, 1.165) is 11.3 Å². The van der Waals surface area contributed by atoms with Crippen LogP contribution in [0.5, 0.6) is 0 Å². The minimum absolute atomic E-state index is 0.200. The Labute approximate surface area is 157 Å². The molecule has 0 aliphatic rings. The first kappa shape index (κ1) is 18.4. The highest BCUT2D eigenvalue weighted by Crippen LogP contribution is 2.23. The largest absolute Gasteiger partial charge is 0.467 e. The number of amides is 2. The first-order valence-electron chi connectivity index (χ1n) is 8.59. The number of nitrogens with one attached hydrogen (secondary N) is 2. The van der Waals surface area contributed by atoms with Crippen molar-refractivity contribution >= 4 is 17.5 Å². The van der Waals surface area contributed by atoms with Crippen LogP contribution in [0.15, 0.2) is 77.4 Å². The number of primary amides is 1. The standard InChI is InChI=1S/C21H21N3O3/c1-14(21(26)24-17-11-9-16(10-12-17)20(22)25)23-19(18-8-5-13-27-18)15-6-3-2-4-7-15/h2-14,19,23H,1H3,(H2,22,25)(H,24,26)/t14-,19-/m1/s1. The van der Waals surface area contributed by atoms with Crippen LogP contribution in [-0.4, -0.2) is 17.9 Å². The van der Waals surface area contributed by atoms with E-state index < -0.39 is 11.9 Å². The number of carbonyl (C=O) groups is 2. The second kappa shape index (κ2) is 8.33. The molecule has 0 aliphatic heterocycles. The van der Waals surface area contributed by atoms with Crippen molar-refractivity contribution in [3.63, 3.8) is 0 Å². The Morgan fingerprint density at radius 1 is 0.963 bits per heavy atom. The van der Waals surface area contributed by atoms with E-state index in [2.05, 4.69) is 10.6 Å². The molecule has 27 heavy (non-hydrogen) atoms. The van der Waals surface area contributed by atoms with E-state index in [1.165, 1.54) is 0 Å². The molecule has 0 spiro atoms. The topological polar surface area (TPSA) is 97.4 Å². The monoisotopic (exact) mass is 363 g/mol. The van der Waals surface area contributed by atoms with Crippen LogP contribution < -0.4 is 16.4 Å². The summed E-state index contributed by atoms with van der Waals surface area (Å²) < 4.78 is 5.55. The Kier molecular flexibility index (Phi) is 5.68. The highest BCUT2D eigenvalue weighted by Gasteiger charge is 2.22. The maximum Gasteiger partial charge on any atom is 0.248 e. The van der Waals surface area contributed by atoms with Crippen molar-refractivity contribution in [2.24, 2.45) is 5.73 Å². The highest BCUT2D eigenvalue weighted by atomic mass is 16.3. The predicted octanol–water partition coefficient (Wildman–Crippen LogP) is 3.08. The smallest absolute Gasteiger partial charge is 0.248 e. The Balaban J connectivity index is 1.70. The normalized spacial score (nSPS) is 12.9. The van der Waals surface area contributed by atoms with Crippen molar-refractivity contribution in [2.75, 3.05) is 5.32 Å². The zero-order chi connectivity index (χ0) is 19.2. The number of carbonyl (C=O) groups excluding carboxylic acids is 2. The fraction of sp³-hybridized carbons (Fsp3) is 0.143. The maximum atomic E-state index is 12.6. The average molecular weight is 363 g/mol. The van der Waals surface area contributed by atoms with Gasteiger partial charge in [-0.25, -0.2) is 0 Å². The van der Waals surface area contributed by atoms with Crippen LogP contribution >= 0.6 is 0 Å². The third kappa shape index (κ3) is 4.62. The van der Waals surface area contributed by atoms with Gasteiger partial charge in [0.25, 0.3) is 0 Å². The molecule has 4 N–H and O–H groups in total. The van der Waals surface area contributed by atoms with Crippen molar-refractivity contribution in [3.05, 3.63) is 89.9 Å². The Hall–Kier alpha value is -3.38. The van der Waals surface area contributed by atoms with Gasteiger partial charge in [0, 0.05) is 11.3 Å². The first-order valence-corrected chi connectivity index (χ1v) is 8.59. The van der Waals surface area contributed by atoms with E-state index in [0.29, 0.717) is 11.3 Å². The summed E-state index contributed by atoms with van der Waals surface area (Å²) in [6, 6.07) is 19.2. The molecule has 2 amide bonds. The average Bonchev–Trinajstić information content (AvgIpc) is 3.21. The van der Waals surface area contributed by atoms with E-state index in [1.54, 1.807) is 37.5 Å². The van der Waals surface area contributed by atoms with Crippen molar-refractivity contribution in [1.29, 1.82) is 0 Å². The zero-order valence-electron chi connectivity index (χ0n) is 14.9. The van der Waals surface area contributed by atoms with Crippen LogP contribution in [0.25, 0.3) is 0 Å². The number of nitrogens with two attached hydrogens (primary N) is 1. The van der Waals surface area contributed by atoms with Crippen LogP contribution in [0.4, 0.5) is 5.69 Å². The second-order valence-electron chi connectivity index (χ2n) is 6.18. The number of furan rings is 1. The van der Waals surface area contributed by atoms with Crippen LogP contribution in [0, 0.1) is 0 Å². The van der Waals surface area contributed by atoms with Gasteiger partial charge in [0.1, 0.15) is 5.76 Å². The maximum absolute atomic E-state index is 12.6. The number of hydrogen-bond donors (Lipinski definition) is 3. The number of hydrogen-bond acceptors (Lipinski definition) is 4. The molecule has 1 aromatic heterocycles. The molecular weight excluding hydrogens is 342 g/mol. The predicted molar refractivity (Wildman–Crippen MR) is 103 cm³/mol. The van der Waals surface area contributed by atoms with Gasteiger partial charge in [0.05, 0.1) is 18.3 Å². The molecule has 0 radical (unpaired) electrons. The van der Waals surface area contributed by atoms with E-state index >= 15 is 0 Å². The lowest BCUT2D eigenvalue weighted by atomic mass is 10.0. The molecule has 1 heterocycles. The summed E-state index contributed by atoms with van der Waals surface area (Å²) in [5, 5.41) is 6.13. The molecule has 0 fully saturated rings. The summed E-state index contributed by atoms with van der Waals surface area (Å²) in [6.45, 7) is 1.78. The first-order chi connectivity index (χ1) is 13.0. The van der Waals surface area contributed by atoms with Crippen molar-refractivity contribution in [1.82, 2.24) is 5.32 Å². The minimum atomic E-state index is -0.507. The molecule has 3 rings (SSSR count). The lowest BCUT2D eigenvalue weighted by Gasteiger charge is -2.22. The molecule has 2 aromatic carbocycles. The van der Waals surface area contributed by atoms with Crippen LogP contribution in [0.1, 0.15) is 34.6 Å². The molecule has 2 atom stereocenters. The molecule has 0 unspecified atom stereocenters. The SMILES string of the molecule is C[C@@H](N[C@H](c1ccccc1)c1ccco1)C(=O)Nc1ccc(C(N)=O)cc1. The van der Waals surface area contributed by atoms with Crippen molar-refractivity contribution in [3.8, 4) is 0 Å². The van der Waals surface area contributed by atoms with Gasteiger partial charge >= 0.3 is 0 Å². The zero-order valence-corrected chi connectivity index (χ0v) is 14.9. The van der Waals surface area contributed by atoms with Gasteiger partial charge < -0.3 is 15.5 Å². The minimum Gasteiger partial charge on any atom is -0.467 e. The Morgan fingerprint density at radius 2 is 1.67 bits per heavy atom. The van der Waals surface area contributed by atoms with Gasteiger partial charge in [-0.1, -0.05) is 30.3 Å². The fourth-order valence-corrected chi connectivity index (χ4v) is 2.74. The van der Waals surface area contributed by atoms with Crippen LogP contribution in [-0.2, 0) is 4.79 Å². The van der Waals surface area contributed by atoms with Gasteiger partial charge in [-0.05, 0) is 48.9 Å². The quantitative estimate of drug-likeness (QED) is 0.601. The van der Waals surface area contributed by atoms with Gasteiger partial charge in [0.2, 0.25) is 11.8 Å². The highest BCUT2D eigenvalue weighted by molar-refractivity contribution is 5.96. The number of rotatable bonds is 7. The van der Waals surface area contributed by atoms with Gasteiger partial charge in [-0.2, -0.15) is 0 Å². The summed E-state index contributed by atoms with van der Waals surface area (Å²) in [5.74, 6) is 0.0213. The number of benzene rings is 2. The van der Waals surface area contributed by atoms with Crippen molar-refractivity contribution < 1.29 is 14.0 Å². The lowest BCUT2D eigenvalue weighted by Crippen LogP contribution is -2.40. The summed E-state index contributed by atoms with van der Waals surface area (Å²) in [5.41, 5.74) is 7.20. The Bertz CT molecular complexity index is 890. The molecule has 6 heteroatoms. The third-order valence-electron chi connectivity index (χ3n) is 4.21. The number of anilines is 1. The van der Waals surface area contributed by atoms with Crippen molar-refractivity contribution in [2.45, 2.75) is 19.0 Å². The summed E-state index contributed by atoms with van der Waals surface area (Å²) in [6.07, 6.45) is 1.61.